The number of nitrogens with two attached hydrogens (primary N) is 1. The third-order valence-corrected chi connectivity index (χ3v) is 3.37. The molecule has 0 bridgehead atoms. The van der Waals surface area contributed by atoms with Crippen LogP contribution in [0.4, 0.5) is 0 Å². The summed E-state index contributed by atoms with van der Waals surface area (Å²) < 4.78 is 0. The SMILES string of the molecule is CCCCC(CC)N1CCC[C@@H](N)C1. The van der Waals surface area contributed by atoms with Crippen LogP contribution in [0.3, 0.4) is 0 Å². The molecule has 2 atom stereocenters. The van der Waals surface area contributed by atoms with E-state index in [0.29, 0.717) is 6.04 Å². The Morgan fingerprint density at radius 1 is 1.43 bits per heavy atom. The van der Waals surface area contributed by atoms with Gasteiger partial charge >= 0.3 is 0 Å². The van der Waals surface area contributed by atoms with Gasteiger partial charge in [-0.3, -0.25) is 4.90 Å². The van der Waals surface area contributed by atoms with Crippen molar-refractivity contribution in [3.8, 4) is 0 Å². The molecule has 1 aliphatic rings. The molecule has 0 amide bonds. The highest BCUT2D eigenvalue weighted by atomic mass is 15.2. The third kappa shape index (κ3) is 3.58. The van der Waals surface area contributed by atoms with Gasteiger partial charge in [0, 0.05) is 18.6 Å². The summed E-state index contributed by atoms with van der Waals surface area (Å²) >= 11 is 0. The number of nitrogens with zero attached hydrogens (tertiary/aromatic N) is 1. The lowest BCUT2D eigenvalue weighted by atomic mass is 10.00. The van der Waals surface area contributed by atoms with Gasteiger partial charge in [0.15, 0.2) is 0 Å². The molecule has 0 saturated carbocycles. The first-order valence-electron chi connectivity index (χ1n) is 6.27. The van der Waals surface area contributed by atoms with Crippen LogP contribution in [-0.4, -0.2) is 30.1 Å². The number of hydrogen-bond donors (Lipinski definition) is 1. The second kappa shape index (κ2) is 6.41. The first-order valence-corrected chi connectivity index (χ1v) is 6.27. The molecule has 0 aliphatic carbocycles. The standard InChI is InChI=1S/C12H26N2/c1-3-5-8-12(4-2)14-9-6-7-11(13)10-14/h11-12H,3-10,13H2,1-2H3/t11-,12?/m1/s1. The van der Waals surface area contributed by atoms with Crippen LogP contribution in [0.5, 0.6) is 0 Å². The first-order chi connectivity index (χ1) is 6.77. The number of hydrogen-bond acceptors (Lipinski definition) is 2. The maximum atomic E-state index is 6.00. The van der Waals surface area contributed by atoms with Gasteiger partial charge in [-0.05, 0) is 32.2 Å². The molecule has 84 valence electrons. The van der Waals surface area contributed by atoms with Crippen molar-refractivity contribution >= 4 is 0 Å². The van der Waals surface area contributed by atoms with E-state index in [9.17, 15) is 0 Å². The third-order valence-electron chi connectivity index (χ3n) is 3.37. The average Bonchev–Trinajstić information content (AvgIpc) is 2.19. The predicted molar refractivity (Wildman–Crippen MR) is 62.4 cm³/mol. The van der Waals surface area contributed by atoms with Crippen molar-refractivity contribution in [2.24, 2.45) is 5.73 Å². The Morgan fingerprint density at radius 3 is 2.79 bits per heavy atom. The lowest BCUT2D eigenvalue weighted by Crippen LogP contribution is -2.47. The van der Waals surface area contributed by atoms with Crippen molar-refractivity contribution in [3.05, 3.63) is 0 Å². The van der Waals surface area contributed by atoms with Crippen LogP contribution in [0.1, 0.15) is 52.4 Å². The molecule has 14 heavy (non-hydrogen) atoms. The summed E-state index contributed by atoms with van der Waals surface area (Å²) in [5, 5.41) is 0. The van der Waals surface area contributed by atoms with E-state index in [1.54, 1.807) is 0 Å². The van der Waals surface area contributed by atoms with E-state index in [4.69, 9.17) is 5.73 Å². The number of likely N-dealkylation sites (tertiary alicyclic amines) is 1. The Hall–Kier alpha value is -0.0800. The highest BCUT2D eigenvalue weighted by molar-refractivity contribution is 4.80. The summed E-state index contributed by atoms with van der Waals surface area (Å²) in [5.41, 5.74) is 6.00. The molecule has 2 nitrogen and oxygen atoms in total. The molecule has 1 aliphatic heterocycles. The first kappa shape index (κ1) is 12.0. The Morgan fingerprint density at radius 2 is 2.21 bits per heavy atom. The summed E-state index contributed by atoms with van der Waals surface area (Å²) in [6.45, 7) is 6.98. The maximum Gasteiger partial charge on any atom is 0.0168 e. The normalized spacial score (nSPS) is 26.4. The molecule has 1 rings (SSSR count). The van der Waals surface area contributed by atoms with E-state index < -0.39 is 0 Å². The topological polar surface area (TPSA) is 29.3 Å². The number of rotatable bonds is 5. The van der Waals surface area contributed by atoms with Gasteiger partial charge in [0.1, 0.15) is 0 Å². The van der Waals surface area contributed by atoms with Crippen molar-refractivity contribution in [2.45, 2.75) is 64.5 Å². The molecular weight excluding hydrogens is 172 g/mol. The molecule has 1 heterocycles. The van der Waals surface area contributed by atoms with Crippen molar-refractivity contribution < 1.29 is 0 Å². The molecule has 0 aromatic carbocycles. The van der Waals surface area contributed by atoms with Gasteiger partial charge in [-0.2, -0.15) is 0 Å². The molecule has 2 heteroatoms. The van der Waals surface area contributed by atoms with Crippen LogP contribution >= 0.6 is 0 Å². The summed E-state index contributed by atoms with van der Waals surface area (Å²) in [5.74, 6) is 0. The quantitative estimate of drug-likeness (QED) is 0.735. The zero-order valence-electron chi connectivity index (χ0n) is 9.84. The molecule has 0 aromatic heterocycles. The fourth-order valence-corrected chi connectivity index (χ4v) is 2.46. The Bertz CT molecular complexity index is 147. The van der Waals surface area contributed by atoms with Gasteiger partial charge in [0.2, 0.25) is 0 Å². The minimum absolute atomic E-state index is 0.430. The summed E-state index contributed by atoms with van der Waals surface area (Å²) in [7, 11) is 0. The average molecular weight is 198 g/mol. The van der Waals surface area contributed by atoms with Crippen LogP contribution in [0.2, 0.25) is 0 Å². The lowest BCUT2D eigenvalue weighted by Gasteiger charge is -2.36. The van der Waals surface area contributed by atoms with Crippen LogP contribution in [0, 0.1) is 0 Å². The number of piperidine rings is 1. The molecule has 2 N–H and O–H groups in total. The zero-order chi connectivity index (χ0) is 10.4. The maximum absolute atomic E-state index is 6.00. The Balaban J connectivity index is 2.34. The van der Waals surface area contributed by atoms with Gasteiger partial charge in [-0.15, -0.1) is 0 Å². The van der Waals surface area contributed by atoms with E-state index in [1.165, 1.54) is 45.1 Å². The van der Waals surface area contributed by atoms with Crippen LogP contribution in [0.15, 0.2) is 0 Å². The van der Waals surface area contributed by atoms with E-state index in [1.807, 2.05) is 0 Å². The van der Waals surface area contributed by atoms with Gasteiger partial charge in [-0.1, -0.05) is 26.7 Å². The Kier molecular flexibility index (Phi) is 5.49. The second-order valence-corrected chi connectivity index (χ2v) is 4.60. The molecule has 1 unspecified atom stereocenters. The lowest BCUT2D eigenvalue weighted by molar-refractivity contribution is 0.136. The molecule has 0 radical (unpaired) electrons. The second-order valence-electron chi connectivity index (χ2n) is 4.60. The van der Waals surface area contributed by atoms with Gasteiger partial charge < -0.3 is 5.73 Å². The molecule has 0 aromatic rings. The van der Waals surface area contributed by atoms with Crippen LogP contribution < -0.4 is 5.73 Å². The molecule has 1 saturated heterocycles. The van der Waals surface area contributed by atoms with Crippen molar-refractivity contribution in [1.82, 2.24) is 4.90 Å². The summed E-state index contributed by atoms with van der Waals surface area (Å²) in [4.78, 5) is 2.61. The minimum Gasteiger partial charge on any atom is -0.327 e. The smallest absolute Gasteiger partial charge is 0.0168 e. The van der Waals surface area contributed by atoms with Crippen molar-refractivity contribution in [1.29, 1.82) is 0 Å². The molecule has 0 spiro atoms. The van der Waals surface area contributed by atoms with E-state index in [0.717, 1.165) is 12.6 Å². The van der Waals surface area contributed by atoms with Crippen molar-refractivity contribution in [3.63, 3.8) is 0 Å². The molecule has 1 fully saturated rings. The monoisotopic (exact) mass is 198 g/mol. The largest absolute Gasteiger partial charge is 0.327 e. The molecular formula is C12H26N2. The zero-order valence-corrected chi connectivity index (χ0v) is 9.84. The highest BCUT2D eigenvalue weighted by Gasteiger charge is 2.22. The number of unbranched alkanes of at least 4 members (excludes halogenated alkanes) is 1. The van der Waals surface area contributed by atoms with Crippen molar-refractivity contribution in [2.75, 3.05) is 13.1 Å². The van der Waals surface area contributed by atoms with E-state index in [-0.39, 0.29) is 0 Å². The van der Waals surface area contributed by atoms with E-state index >= 15 is 0 Å². The highest BCUT2D eigenvalue weighted by Crippen LogP contribution is 2.17. The van der Waals surface area contributed by atoms with Gasteiger partial charge in [0.25, 0.3) is 0 Å². The van der Waals surface area contributed by atoms with Gasteiger partial charge in [0.05, 0.1) is 0 Å². The Labute approximate surface area is 88.8 Å². The van der Waals surface area contributed by atoms with E-state index in [2.05, 4.69) is 18.7 Å². The van der Waals surface area contributed by atoms with Crippen LogP contribution in [0.25, 0.3) is 0 Å². The summed E-state index contributed by atoms with van der Waals surface area (Å²) in [6.07, 6.45) is 7.84. The van der Waals surface area contributed by atoms with Gasteiger partial charge in [-0.25, -0.2) is 0 Å². The fourth-order valence-electron chi connectivity index (χ4n) is 2.46. The predicted octanol–water partition coefficient (Wildman–Crippen LogP) is 2.38. The summed E-state index contributed by atoms with van der Waals surface area (Å²) in [6, 6.07) is 1.22. The fraction of sp³-hybridized carbons (Fsp3) is 1.00. The minimum atomic E-state index is 0.430. The van der Waals surface area contributed by atoms with Crippen LogP contribution in [-0.2, 0) is 0 Å².